The van der Waals surface area contributed by atoms with Gasteiger partial charge in [-0.2, -0.15) is 0 Å². The van der Waals surface area contributed by atoms with Crippen molar-refractivity contribution in [3.8, 4) is 29.1 Å². The largest absolute Gasteiger partial charge is 0.504 e. The van der Waals surface area contributed by atoms with E-state index < -0.39 is 23.2 Å². The van der Waals surface area contributed by atoms with Crippen molar-refractivity contribution in [2.24, 2.45) is 0 Å². The predicted molar refractivity (Wildman–Crippen MR) is 51.7 cm³/mol. The van der Waals surface area contributed by atoms with E-state index in [1.807, 2.05) is 0 Å². The van der Waals surface area contributed by atoms with Crippen LogP contribution in [0.1, 0.15) is 5.56 Å². The van der Waals surface area contributed by atoms with E-state index in [4.69, 9.17) is 15.3 Å². The number of carboxylic acid groups (broad SMARTS) is 1. The molecule has 73 valence electrons. The number of hydrogen-bond donors (Lipinski definition) is 4. The SMILES string of the molecule is O=C(O)C#Cc1ccc(O)c(O)c1O.[Li]. The van der Waals surface area contributed by atoms with Crippen molar-refractivity contribution < 1.29 is 25.2 Å². The zero-order chi connectivity index (χ0) is 10.7. The van der Waals surface area contributed by atoms with E-state index in [0.717, 1.165) is 6.07 Å². The van der Waals surface area contributed by atoms with Crippen LogP contribution in [0, 0.1) is 11.8 Å². The molecule has 0 unspecified atom stereocenters. The Morgan fingerprint density at radius 3 is 2.27 bits per heavy atom. The molecule has 1 aromatic carbocycles. The Bertz CT molecular complexity index is 444. The molecule has 15 heavy (non-hydrogen) atoms. The summed E-state index contributed by atoms with van der Waals surface area (Å²) in [7, 11) is 0. The van der Waals surface area contributed by atoms with Crippen LogP contribution in [0.2, 0.25) is 0 Å². The van der Waals surface area contributed by atoms with Gasteiger partial charge in [0.25, 0.3) is 0 Å². The van der Waals surface area contributed by atoms with Gasteiger partial charge in [0.1, 0.15) is 0 Å². The minimum Gasteiger partial charge on any atom is -0.504 e. The van der Waals surface area contributed by atoms with Gasteiger partial charge in [-0.1, -0.05) is 5.92 Å². The minimum absolute atomic E-state index is 0. The second-order valence-corrected chi connectivity index (χ2v) is 2.38. The van der Waals surface area contributed by atoms with E-state index in [1.165, 1.54) is 6.07 Å². The molecule has 1 aromatic rings. The second-order valence-electron chi connectivity index (χ2n) is 2.38. The summed E-state index contributed by atoms with van der Waals surface area (Å²) in [5, 5.41) is 35.4. The van der Waals surface area contributed by atoms with E-state index in [9.17, 15) is 9.90 Å². The van der Waals surface area contributed by atoms with Crippen molar-refractivity contribution in [2.75, 3.05) is 0 Å². The molecule has 0 aliphatic heterocycles. The van der Waals surface area contributed by atoms with Gasteiger partial charge in [-0.15, -0.1) is 0 Å². The van der Waals surface area contributed by atoms with Gasteiger partial charge in [0.2, 0.25) is 5.75 Å². The number of carboxylic acids is 1. The summed E-state index contributed by atoms with van der Waals surface area (Å²) in [5.74, 6) is 0.666. The molecular weight excluding hydrogens is 195 g/mol. The van der Waals surface area contributed by atoms with Gasteiger partial charge >= 0.3 is 5.97 Å². The quantitative estimate of drug-likeness (QED) is 0.266. The number of benzene rings is 1. The van der Waals surface area contributed by atoms with E-state index in [1.54, 1.807) is 5.92 Å². The van der Waals surface area contributed by atoms with E-state index in [-0.39, 0.29) is 24.4 Å². The number of phenols is 3. The van der Waals surface area contributed by atoms with E-state index in [2.05, 4.69) is 5.92 Å². The van der Waals surface area contributed by atoms with Crippen molar-refractivity contribution in [1.29, 1.82) is 0 Å². The second kappa shape index (κ2) is 5.21. The summed E-state index contributed by atoms with van der Waals surface area (Å²) < 4.78 is 0. The Balaban J connectivity index is 0.00000196. The van der Waals surface area contributed by atoms with Crippen molar-refractivity contribution in [3.05, 3.63) is 17.7 Å². The van der Waals surface area contributed by atoms with E-state index >= 15 is 0 Å². The third-order valence-corrected chi connectivity index (χ3v) is 1.43. The molecule has 0 bridgehead atoms. The summed E-state index contributed by atoms with van der Waals surface area (Å²) in [4.78, 5) is 10.1. The number of hydrogen-bond acceptors (Lipinski definition) is 4. The van der Waals surface area contributed by atoms with Crippen molar-refractivity contribution in [3.63, 3.8) is 0 Å². The molecule has 6 heteroatoms. The van der Waals surface area contributed by atoms with Crippen LogP contribution in [0.15, 0.2) is 12.1 Å². The molecule has 0 spiro atoms. The van der Waals surface area contributed by atoms with Crippen LogP contribution in [-0.2, 0) is 4.79 Å². The third kappa shape index (κ3) is 3.14. The summed E-state index contributed by atoms with van der Waals surface area (Å²) >= 11 is 0. The first-order valence-corrected chi connectivity index (χ1v) is 3.51. The molecule has 5 nitrogen and oxygen atoms in total. The normalized spacial score (nSPS) is 8.27. The molecule has 0 amide bonds. The van der Waals surface area contributed by atoms with Crippen LogP contribution in [0.5, 0.6) is 17.2 Å². The molecule has 0 aliphatic rings. The zero-order valence-electron chi connectivity index (χ0n) is 7.85. The standard InChI is InChI=1S/C9H6O5.Li/c10-6-3-1-5(2-4-7(11)12)8(13)9(6)14;/h1,3,10,13-14H,(H,11,12);. The number of carbonyl (C=O) groups is 1. The Kier molecular flexibility index (Phi) is 4.60. The Labute approximate surface area is 97.2 Å². The smallest absolute Gasteiger partial charge is 0.382 e. The van der Waals surface area contributed by atoms with Crippen molar-refractivity contribution in [2.45, 2.75) is 0 Å². The fourth-order valence-electron chi connectivity index (χ4n) is 0.791. The maximum atomic E-state index is 10.1. The monoisotopic (exact) mass is 201 g/mol. The van der Waals surface area contributed by atoms with Gasteiger partial charge in [-0.05, 0) is 12.1 Å². The van der Waals surface area contributed by atoms with Crippen LogP contribution in [-0.4, -0.2) is 45.3 Å². The first-order chi connectivity index (χ1) is 6.52. The summed E-state index contributed by atoms with van der Waals surface area (Å²) in [5.41, 5.74) is -0.0669. The van der Waals surface area contributed by atoms with Crippen LogP contribution in [0.3, 0.4) is 0 Å². The average Bonchev–Trinajstić information content (AvgIpc) is 2.13. The maximum absolute atomic E-state index is 10.1. The average molecular weight is 201 g/mol. The molecule has 0 saturated carbocycles. The number of aliphatic carboxylic acids is 1. The molecule has 0 fully saturated rings. The molecule has 0 aromatic heterocycles. The van der Waals surface area contributed by atoms with Gasteiger partial charge < -0.3 is 20.4 Å². The number of phenolic OH excluding ortho intramolecular Hbond substituents is 3. The fourth-order valence-corrected chi connectivity index (χ4v) is 0.791. The number of aromatic hydroxyl groups is 3. The predicted octanol–water partition coefficient (Wildman–Crippen LogP) is -0.141. The van der Waals surface area contributed by atoms with Crippen LogP contribution < -0.4 is 0 Å². The Morgan fingerprint density at radius 1 is 1.13 bits per heavy atom. The summed E-state index contributed by atoms with van der Waals surface area (Å²) in [6.07, 6.45) is 0. The van der Waals surface area contributed by atoms with Crippen molar-refractivity contribution in [1.82, 2.24) is 0 Å². The molecule has 1 rings (SSSR count). The summed E-state index contributed by atoms with van der Waals surface area (Å²) in [6.45, 7) is 0. The van der Waals surface area contributed by atoms with Crippen LogP contribution in [0.4, 0.5) is 0 Å². The maximum Gasteiger partial charge on any atom is 0.382 e. The van der Waals surface area contributed by atoms with Gasteiger partial charge in [-0.25, -0.2) is 4.79 Å². The molecule has 4 N–H and O–H groups in total. The zero-order valence-corrected chi connectivity index (χ0v) is 7.85. The first kappa shape index (κ1) is 13.2. The fraction of sp³-hybridized carbons (Fsp3) is 0. The van der Waals surface area contributed by atoms with E-state index in [0.29, 0.717) is 0 Å². The first-order valence-electron chi connectivity index (χ1n) is 3.51. The molecule has 0 aliphatic carbocycles. The molecule has 0 atom stereocenters. The van der Waals surface area contributed by atoms with Crippen LogP contribution >= 0.6 is 0 Å². The third-order valence-electron chi connectivity index (χ3n) is 1.43. The van der Waals surface area contributed by atoms with Gasteiger partial charge in [0, 0.05) is 24.8 Å². The Morgan fingerprint density at radius 2 is 1.73 bits per heavy atom. The van der Waals surface area contributed by atoms with Crippen molar-refractivity contribution >= 4 is 24.8 Å². The summed E-state index contributed by atoms with van der Waals surface area (Å²) in [6, 6.07) is 2.29. The molecular formula is C9H6LiO5. The molecule has 0 heterocycles. The van der Waals surface area contributed by atoms with Gasteiger partial charge in [0.15, 0.2) is 11.5 Å². The number of rotatable bonds is 0. The van der Waals surface area contributed by atoms with Gasteiger partial charge in [-0.3, -0.25) is 0 Å². The van der Waals surface area contributed by atoms with Gasteiger partial charge in [0.05, 0.1) is 5.56 Å². The Hall–Kier alpha value is -1.75. The minimum atomic E-state index is -1.35. The van der Waals surface area contributed by atoms with Crippen LogP contribution in [0.25, 0.3) is 0 Å². The molecule has 1 radical (unpaired) electrons. The topological polar surface area (TPSA) is 98.0 Å². The molecule has 0 saturated heterocycles.